The monoisotopic (exact) mass is 483 g/mol. The summed E-state index contributed by atoms with van der Waals surface area (Å²) in [6.07, 6.45) is 7.35. The molecule has 4 rings (SSSR count). The first-order valence-corrected chi connectivity index (χ1v) is 11.0. The molecule has 33 heavy (non-hydrogen) atoms. The number of aromatic amines is 1. The fourth-order valence-corrected chi connectivity index (χ4v) is 3.77. The van der Waals surface area contributed by atoms with Gasteiger partial charge in [0.2, 0.25) is 5.28 Å². The minimum absolute atomic E-state index is 0.0305. The summed E-state index contributed by atoms with van der Waals surface area (Å²) in [5, 5.41) is 22.0. The van der Waals surface area contributed by atoms with Crippen LogP contribution in [-0.4, -0.2) is 60.9 Å². The van der Waals surface area contributed by atoms with Gasteiger partial charge in [-0.15, -0.1) is 5.10 Å². The van der Waals surface area contributed by atoms with Crippen LogP contribution in [0.25, 0.3) is 11.0 Å². The lowest BCUT2D eigenvalue weighted by molar-refractivity contribution is -0.386. The molecule has 0 spiro atoms. The summed E-state index contributed by atoms with van der Waals surface area (Å²) in [4.78, 5) is 18.2. The summed E-state index contributed by atoms with van der Waals surface area (Å²) >= 11 is 5.77. The number of aryl methyl sites for hydroxylation is 2. The van der Waals surface area contributed by atoms with Gasteiger partial charge in [-0.05, 0) is 38.3 Å². The maximum atomic E-state index is 14.3. The van der Waals surface area contributed by atoms with E-state index in [0.29, 0.717) is 22.8 Å². The van der Waals surface area contributed by atoms with E-state index in [1.165, 1.54) is 49.9 Å². The van der Waals surface area contributed by atoms with Crippen molar-refractivity contribution in [2.45, 2.75) is 64.8 Å². The van der Waals surface area contributed by atoms with Gasteiger partial charge in [-0.25, -0.2) is 14.1 Å². The smallest absolute Gasteiger partial charge is 0.352 e. The van der Waals surface area contributed by atoms with Gasteiger partial charge in [0.15, 0.2) is 11.8 Å². The molecule has 0 radical (unpaired) electrons. The van der Waals surface area contributed by atoms with Gasteiger partial charge < -0.3 is 9.47 Å². The molecular weight excluding hydrogens is 457 g/mol. The third-order valence-electron chi connectivity index (χ3n) is 5.37. The van der Waals surface area contributed by atoms with E-state index in [1.807, 2.05) is 7.11 Å². The number of nitro groups is 1. The second-order valence-electron chi connectivity index (χ2n) is 7.81. The molecule has 0 aromatic carbocycles. The van der Waals surface area contributed by atoms with Crippen LogP contribution >= 0.6 is 11.6 Å². The van der Waals surface area contributed by atoms with Crippen LogP contribution in [0.15, 0.2) is 6.20 Å². The maximum Gasteiger partial charge on any atom is 0.352 e. The molecule has 1 aliphatic rings. The molecule has 1 fully saturated rings. The predicted octanol–water partition coefficient (Wildman–Crippen LogP) is 4.11. The molecule has 0 amide bonds. The van der Waals surface area contributed by atoms with Crippen LogP contribution in [0.5, 0.6) is 5.88 Å². The Morgan fingerprint density at radius 1 is 1.36 bits per heavy atom. The Morgan fingerprint density at radius 2 is 2.09 bits per heavy atom. The van der Waals surface area contributed by atoms with Crippen LogP contribution in [0.2, 0.25) is 5.28 Å². The third-order valence-corrected chi connectivity index (χ3v) is 5.55. The van der Waals surface area contributed by atoms with E-state index in [-0.39, 0.29) is 29.1 Å². The highest BCUT2D eigenvalue weighted by Gasteiger charge is 2.24. The van der Waals surface area contributed by atoms with E-state index < -0.39 is 17.7 Å². The first-order valence-electron chi connectivity index (χ1n) is 10.6. The number of rotatable bonds is 7. The second-order valence-corrected chi connectivity index (χ2v) is 8.15. The normalized spacial score (nSPS) is 15.2. The van der Waals surface area contributed by atoms with Gasteiger partial charge in [0.1, 0.15) is 12.3 Å². The molecule has 1 unspecified atom stereocenters. The van der Waals surface area contributed by atoms with Gasteiger partial charge in [-0.1, -0.05) is 19.3 Å². The lowest BCUT2D eigenvalue weighted by Gasteiger charge is -2.19. The van der Waals surface area contributed by atoms with E-state index >= 15 is 0 Å². The molecule has 13 heteroatoms. The molecule has 180 valence electrons. The fraction of sp³-hybridized carbons (Fsp3) is 0.600. The Bertz CT molecular complexity index is 1080. The SMILES string of the molecule is COC1CCCCC1.Cc1[nH]nc(OCC(F)Cn2nc(C)c3cnc(Cl)nc32)c1[N+](=O)[O-]. The van der Waals surface area contributed by atoms with Crippen molar-refractivity contribution in [2.24, 2.45) is 0 Å². The van der Waals surface area contributed by atoms with Crippen LogP contribution < -0.4 is 4.74 Å². The van der Waals surface area contributed by atoms with Gasteiger partial charge in [0, 0.05) is 13.3 Å². The zero-order valence-electron chi connectivity index (χ0n) is 18.8. The van der Waals surface area contributed by atoms with E-state index in [2.05, 4.69) is 25.3 Å². The summed E-state index contributed by atoms with van der Waals surface area (Å²) in [5.74, 6) is -0.253. The quantitative estimate of drug-likeness (QED) is 0.301. The van der Waals surface area contributed by atoms with Gasteiger partial charge in [-0.3, -0.25) is 15.2 Å². The predicted molar refractivity (Wildman–Crippen MR) is 119 cm³/mol. The summed E-state index contributed by atoms with van der Waals surface area (Å²) < 4.78 is 26.0. The largest absolute Gasteiger partial charge is 0.469 e. The zero-order chi connectivity index (χ0) is 24.0. The van der Waals surface area contributed by atoms with Crippen molar-refractivity contribution >= 4 is 28.3 Å². The van der Waals surface area contributed by atoms with Crippen LogP contribution in [0.4, 0.5) is 10.1 Å². The highest BCUT2D eigenvalue weighted by atomic mass is 35.5. The van der Waals surface area contributed by atoms with Crippen molar-refractivity contribution in [1.82, 2.24) is 29.9 Å². The Balaban J connectivity index is 0.000000323. The first-order chi connectivity index (χ1) is 15.8. The van der Waals surface area contributed by atoms with E-state index in [1.54, 1.807) is 6.92 Å². The molecule has 1 N–H and O–H groups in total. The lowest BCUT2D eigenvalue weighted by atomic mass is 9.98. The summed E-state index contributed by atoms with van der Waals surface area (Å²) in [6, 6.07) is 0. The minimum atomic E-state index is -1.49. The molecule has 11 nitrogen and oxygen atoms in total. The van der Waals surface area contributed by atoms with Crippen molar-refractivity contribution in [3.8, 4) is 5.88 Å². The van der Waals surface area contributed by atoms with Crippen molar-refractivity contribution < 1.29 is 18.8 Å². The van der Waals surface area contributed by atoms with E-state index in [9.17, 15) is 14.5 Å². The van der Waals surface area contributed by atoms with Crippen molar-refractivity contribution in [1.29, 1.82) is 0 Å². The number of aromatic nitrogens is 6. The molecule has 0 saturated heterocycles. The number of methoxy groups -OCH3 is 1. The summed E-state index contributed by atoms with van der Waals surface area (Å²) in [7, 11) is 1.82. The number of hydrogen-bond donors (Lipinski definition) is 1. The van der Waals surface area contributed by atoms with Crippen molar-refractivity contribution in [2.75, 3.05) is 13.7 Å². The van der Waals surface area contributed by atoms with Crippen LogP contribution in [0.3, 0.4) is 0 Å². The lowest BCUT2D eigenvalue weighted by Crippen LogP contribution is -2.21. The Kier molecular flexibility index (Phi) is 8.50. The highest BCUT2D eigenvalue weighted by Crippen LogP contribution is 2.27. The maximum absolute atomic E-state index is 14.3. The van der Waals surface area contributed by atoms with Gasteiger partial charge >= 0.3 is 11.6 Å². The minimum Gasteiger partial charge on any atom is -0.469 e. The van der Waals surface area contributed by atoms with Crippen molar-refractivity contribution in [3.63, 3.8) is 0 Å². The van der Waals surface area contributed by atoms with Crippen molar-refractivity contribution in [3.05, 3.63) is 33.0 Å². The molecule has 3 heterocycles. The molecule has 0 aliphatic heterocycles. The Labute approximate surface area is 194 Å². The number of fused-ring (bicyclic) bond motifs is 1. The molecule has 3 aromatic heterocycles. The van der Waals surface area contributed by atoms with Crippen LogP contribution in [0.1, 0.15) is 43.5 Å². The number of nitrogens with zero attached hydrogens (tertiary/aromatic N) is 6. The number of halogens is 2. The van der Waals surface area contributed by atoms with E-state index in [0.717, 1.165) is 0 Å². The van der Waals surface area contributed by atoms with Crippen LogP contribution in [0, 0.1) is 24.0 Å². The Hall–Kier alpha value is -2.86. The summed E-state index contributed by atoms with van der Waals surface area (Å²) in [6.45, 7) is 2.64. The molecule has 3 aromatic rings. The van der Waals surface area contributed by atoms with Gasteiger partial charge in [-0.2, -0.15) is 10.1 Å². The van der Waals surface area contributed by atoms with E-state index in [4.69, 9.17) is 21.1 Å². The Morgan fingerprint density at radius 3 is 2.73 bits per heavy atom. The molecular formula is C20H27ClFN7O4. The standard InChI is InChI=1S/C13H13ClFN7O3.C7H14O/c1-6-9-3-16-13(14)17-11(9)21(20-6)4-8(15)5-25-12-10(22(23)24)7(2)18-19-12;1-8-7-5-3-2-4-6-7/h3,8H,4-5H2,1-2H3,(H,18,19);7H,2-6H2,1H3. The first kappa shape index (κ1) is 24.8. The van der Waals surface area contributed by atoms with Crippen LogP contribution in [-0.2, 0) is 11.3 Å². The van der Waals surface area contributed by atoms with Gasteiger partial charge in [0.25, 0.3) is 0 Å². The average Bonchev–Trinajstić information content (AvgIpc) is 3.32. The molecule has 1 atom stereocenters. The second kappa shape index (κ2) is 11.3. The third kappa shape index (κ3) is 6.35. The number of H-pyrrole nitrogens is 1. The number of alkyl halides is 1. The average molecular weight is 484 g/mol. The van der Waals surface area contributed by atoms with Gasteiger partial charge in [0.05, 0.1) is 28.7 Å². The molecule has 0 bridgehead atoms. The number of nitrogens with one attached hydrogen (secondary N) is 1. The zero-order valence-corrected chi connectivity index (χ0v) is 19.5. The topological polar surface area (TPSA) is 134 Å². The number of ether oxygens (including phenoxy) is 2. The highest BCUT2D eigenvalue weighted by molar-refractivity contribution is 6.28. The molecule has 1 saturated carbocycles. The summed E-state index contributed by atoms with van der Waals surface area (Å²) in [5.41, 5.74) is 0.961. The fourth-order valence-electron chi connectivity index (χ4n) is 3.64. The number of hydrogen-bond acceptors (Lipinski definition) is 8. The molecule has 1 aliphatic carbocycles.